The molecule has 0 saturated heterocycles. The van der Waals surface area contributed by atoms with Gasteiger partial charge < -0.3 is 5.11 Å². The number of rotatable bonds is 2. The second-order valence-corrected chi connectivity index (χ2v) is 4.97. The number of phenols is 1. The first-order valence-electron chi connectivity index (χ1n) is 4.68. The van der Waals surface area contributed by atoms with E-state index in [0.29, 0.717) is 0 Å². The number of non-ortho nitro benzene ring substituents is 1. The third kappa shape index (κ3) is 2.11. The van der Waals surface area contributed by atoms with Gasteiger partial charge in [-0.1, -0.05) is 6.07 Å². The molecule has 0 unspecified atom stereocenters. The van der Waals surface area contributed by atoms with E-state index in [1.54, 1.807) is 0 Å². The van der Waals surface area contributed by atoms with Crippen LogP contribution in [0.2, 0.25) is 0 Å². The van der Waals surface area contributed by atoms with Gasteiger partial charge in [-0.15, -0.1) is 0 Å². The first-order chi connectivity index (χ1) is 8.29. The van der Waals surface area contributed by atoms with Crippen LogP contribution in [0.1, 0.15) is 0 Å². The highest BCUT2D eigenvalue weighted by molar-refractivity contribution is 7.86. The van der Waals surface area contributed by atoms with E-state index >= 15 is 0 Å². The van der Waals surface area contributed by atoms with Gasteiger partial charge in [-0.3, -0.25) is 14.7 Å². The lowest BCUT2D eigenvalue weighted by Gasteiger charge is -2.04. The SMILES string of the molecule is O=[N+]([O-])c1cc(S(=O)(=O)O)c2cc(O)ccc2c1. The maximum absolute atomic E-state index is 11.2. The first-order valence-corrected chi connectivity index (χ1v) is 6.12. The third-order valence-corrected chi connectivity index (χ3v) is 3.27. The quantitative estimate of drug-likeness (QED) is 0.486. The molecule has 0 aliphatic carbocycles. The van der Waals surface area contributed by atoms with Crippen LogP contribution in [-0.2, 0) is 10.1 Å². The number of fused-ring (bicyclic) bond motifs is 1. The van der Waals surface area contributed by atoms with Gasteiger partial charge in [-0.05, 0) is 17.5 Å². The summed E-state index contributed by atoms with van der Waals surface area (Å²) in [6, 6.07) is 5.61. The van der Waals surface area contributed by atoms with Crippen molar-refractivity contribution in [2.75, 3.05) is 0 Å². The molecule has 0 amide bonds. The van der Waals surface area contributed by atoms with Crippen LogP contribution in [0.15, 0.2) is 35.2 Å². The van der Waals surface area contributed by atoms with E-state index in [2.05, 4.69) is 0 Å². The van der Waals surface area contributed by atoms with Crippen molar-refractivity contribution < 1.29 is 23.0 Å². The van der Waals surface area contributed by atoms with E-state index in [0.717, 1.165) is 18.2 Å². The molecule has 0 fully saturated rings. The average molecular weight is 269 g/mol. The Hall–Kier alpha value is -2.19. The molecule has 0 heterocycles. The summed E-state index contributed by atoms with van der Waals surface area (Å²) in [4.78, 5) is 9.30. The Morgan fingerprint density at radius 3 is 2.39 bits per heavy atom. The Morgan fingerprint density at radius 2 is 1.83 bits per heavy atom. The maximum atomic E-state index is 11.2. The molecule has 7 nitrogen and oxygen atoms in total. The van der Waals surface area contributed by atoms with Gasteiger partial charge in [-0.25, -0.2) is 0 Å². The summed E-state index contributed by atoms with van der Waals surface area (Å²) in [5.74, 6) is -0.207. The van der Waals surface area contributed by atoms with Gasteiger partial charge in [0.2, 0.25) is 0 Å². The lowest BCUT2D eigenvalue weighted by Crippen LogP contribution is -2.01. The molecule has 0 atom stereocenters. The molecule has 0 radical (unpaired) electrons. The molecule has 2 aromatic carbocycles. The van der Waals surface area contributed by atoms with E-state index in [1.807, 2.05) is 0 Å². The monoisotopic (exact) mass is 269 g/mol. The molecular weight excluding hydrogens is 262 g/mol. The van der Waals surface area contributed by atoms with Crippen molar-refractivity contribution >= 4 is 26.6 Å². The normalized spacial score (nSPS) is 11.6. The molecule has 2 N–H and O–H groups in total. The summed E-state index contributed by atoms with van der Waals surface area (Å²) >= 11 is 0. The predicted octanol–water partition coefficient (Wildman–Crippen LogP) is 1.70. The van der Waals surface area contributed by atoms with Gasteiger partial charge in [0.25, 0.3) is 15.8 Å². The predicted molar refractivity (Wildman–Crippen MR) is 62.1 cm³/mol. The Kier molecular flexibility index (Phi) is 2.68. The molecule has 2 rings (SSSR count). The van der Waals surface area contributed by atoms with Gasteiger partial charge >= 0.3 is 0 Å². The van der Waals surface area contributed by atoms with E-state index in [9.17, 15) is 23.6 Å². The standard InChI is InChI=1S/C10H7NO6S/c12-8-2-1-6-3-7(11(13)14)4-10(9(6)5-8)18(15,16)17/h1-5,12H,(H,15,16,17). The number of aromatic hydroxyl groups is 1. The van der Waals surface area contributed by atoms with Crippen LogP contribution in [0.4, 0.5) is 5.69 Å². The van der Waals surface area contributed by atoms with Crippen LogP contribution in [0.5, 0.6) is 5.75 Å². The Balaban J connectivity index is 2.95. The lowest BCUT2D eigenvalue weighted by atomic mass is 10.1. The average Bonchev–Trinajstić information content (AvgIpc) is 2.26. The molecule has 0 aliphatic heterocycles. The van der Waals surface area contributed by atoms with Crippen LogP contribution in [0.3, 0.4) is 0 Å². The summed E-state index contributed by atoms with van der Waals surface area (Å²) < 4.78 is 31.4. The highest BCUT2D eigenvalue weighted by Crippen LogP contribution is 2.30. The number of nitrogens with zero attached hydrogens (tertiary/aromatic N) is 1. The minimum absolute atomic E-state index is 0.0168. The van der Waals surface area contributed by atoms with Gasteiger partial charge in [-0.2, -0.15) is 8.42 Å². The highest BCUT2D eigenvalue weighted by atomic mass is 32.2. The summed E-state index contributed by atoms with van der Waals surface area (Å²) in [6.45, 7) is 0. The Morgan fingerprint density at radius 1 is 1.17 bits per heavy atom. The van der Waals surface area contributed by atoms with E-state index in [-0.39, 0.29) is 16.5 Å². The largest absolute Gasteiger partial charge is 0.508 e. The van der Waals surface area contributed by atoms with E-state index in [4.69, 9.17) is 4.55 Å². The fraction of sp³-hybridized carbons (Fsp3) is 0. The summed E-state index contributed by atoms with van der Waals surface area (Å²) in [5.41, 5.74) is -0.458. The number of hydrogen-bond donors (Lipinski definition) is 2. The van der Waals surface area contributed by atoms with Crippen molar-refractivity contribution in [2.24, 2.45) is 0 Å². The second-order valence-electron chi connectivity index (χ2n) is 3.58. The van der Waals surface area contributed by atoms with Crippen molar-refractivity contribution in [3.8, 4) is 5.75 Å². The highest BCUT2D eigenvalue weighted by Gasteiger charge is 2.20. The smallest absolute Gasteiger partial charge is 0.295 e. The van der Waals surface area contributed by atoms with E-state index in [1.165, 1.54) is 12.1 Å². The summed E-state index contributed by atoms with van der Waals surface area (Å²) in [6.07, 6.45) is 0. The van der Waals surface area contributed by atoms with Crippen LogP contribution in [0.25, 0.3) is 10.8 Å². The van der Waals surface area contributed by atoms with Gasteiger partial charge in [0.15, 0.2) is 0 Å². The van der Waals surface area contributed by atoms with Crippen molar-refractivity contribution in [1.29, 1.82) is 0 Å². The number of benzene rings is 2. The first kappa shape index (κ1) is 12.3. The molecule has 0 saturated carbocycles. The minimum atomic E-state index is -4.62. The molecule has 94 valence electrons. The number of nitro benzene ring substituents is 1. The zero-order valence-electron chi connectivity index (χ0n) is 8.77. The topological polar surface area (TPSA) is 118 Å². The van der Waals surface area contributed by atoms with Gasteiger partial charge in [0.1, 0.15) is 10.6 Å². The fourth-order valence-electron chi connectivity index (χ4n) is 1.62. The second kappa shape index (κ2) is 3.93. The zero-order valence-corrected chi connectivity index (χ0v) is 9.59. The zero-order chi connectivity index (χ0) is 13.5. The number of nitro groups is 1. The fourth-order valence-corrected chi connectivity index (χ4v) is 2.34. The molecule has 18 heavy (non-hydrogen) atoms. The number of hydrogen-bond acceptors (Lipinski definition) is 5. The Labute approximate surface area is 101 Å². The van der Waals surface area contributed by atoms with Gasteiger partial charge in [0.05, 0.1) is 4.92 Å². The van der Waals surface area contributed by atoms with Crippen LogP contribution >= 0.6 is 0 Å². The van der Waals surface area contributed by atoms with E-state index < -0.39 is 25.6 Å². The third-order valence-electron chi connectivity index (χ3n) is 2.37. The van der Waals surface area contributed by atoms with Crippen molar-refractivity contribution in [2.45, 2.75) is 4.90 Å². The maximum Gasteiger partial charge on any atom is 0.295 e. The molecule has 0 aliphatic rings. The Bertz CT molecular complexity index is 752. The van der Waals surface area contributed by atoms with Crippen LogP contribution in [0, 0.1) is 10.1 Å². The molecule has 0 bridgehead atoms. The van der Waals surface area contributed by atoms with Crippen molar-refractivity contribution in [1.82, 2.24) is 0 Å². The van der Waals surface area contributed by atoms with Crippen molar-refractivity contribution in [3.05, 3.63) is 40.4 Å². The lowest BCUT2D eigenvalue weighted by molar-refractivity contribution is -0.384. The minimum Gasteiger partial charge on any atom is -0.508 e. The molecule has 0 spiro atoms. The summed E-state index contributed by atoms with van der Waals surface area (Å²) in [5, 5.41) is 20.2. The van der Waals surface area contributed by atoms with Crippen LogP contribution in [-0.4, -0.2) is 23.0 Å². The van der Waals surface area contributed by atoms with Gasteiger partial charge in [0, 0.05) is 17.5 Å². The molecule has 0 aromatic heterocycles. The molecule has 8 heteroatoms. The summed E-state index contributed by atoms with van der Waals surface area (Å²) in [7, 11) is -4.62. The van der Waals surface area contributed by atoms with Crippen molar-refractivity contribution in [3.63, 3.8) is 0 Å². The number of phenolic OH excluding ortho intramolecular Hbond substituents is 1. The van der Waals surface area contributed by atoms with Crippen LogP contribution < -0.4 is 0 Å². The molecular formula is C10H7NO6S. The molecule has 2 aromatic rings.